The van der Waals surface area contributed by atoms with E-state index in [1.54, 1.807) is 0 Å². The van der Waals surface area contributed by atoms with Gasteiger partial charge in [-0.2, -0.15) is 0 Å². The van der Waals surface area contributed by atoms with Gasteiger partial charge in [0.25, 0.3) is 0 Å². The Kier molecular flexibility index (Phi) is 2.56. The lowest BCUT2D eigenvalue weighted by molar-refractivity contribution is 0.560. The van der Waals surface area contributed by atoms with Gasteiger partial charge in [-0.05, 0) is 16.3 Å². The fourth-order valence-electron chi connectivity index (χ4n) is 2.53. The Morgan fingerprint density at radius 1 is 1.18 bits per heavy atom. The van der Waals surface area contributed by atoms with Gasteiger partial charge >= 0.3 is 0 Å². The van der Waals surface area contributed by atoms with Gasteiger partial charge in [0.15, 0.2) is 0 Å². The molecule has 2 unspecified atom stereocenters. The lowest BCUT2D eigenvalue weighted by Crippen LogP contribution is -2.30. The maximum absolute atomic E-state index is 4.26. The summed E-state index contributed by atoms with van der Waals surface area (Å²) in [5.41, 5.74) is 1.41. The quantitative estimate of drug-likeness (QED) is 0.833. The number of aliphatic imine (C=N–C) groups is 1. The minimum Gasteiger partial charge on any atom is -0.371 e. The van der Waals surface area contributed by atoms with Crippen molar-refractivity contribution in [1.29, 1.82) is 0 Å². The zero-order valence-corrected chi connectivity index (χ0v) is 9.93. The second kappa shape index (κ2) is 4.21. The molecule has 0 amide bonds. The summed E-state index contributed by atoms with van der Waals surface area (Å²) in [6.07, 6.45) is 1.83. The van der Waals surface area contributed by atoms with E-state index >= 15 is 0 Å². The first-order valence-corrected chi connectivity index (χ1v) is 6.08. The SMILES string of the molecule is CC(c1cccc2ccccc12)C1CN=CN1. The predicted molar refractivity (Wildman–Crippen MR) is 72.6 cm³/mol. The summed E-state index contributed by atoms with van der Waals surface area (Å²) in [6, 6.07) is 15.5. The zero-order valence-electron chi connectivity index (χ0n) is 9.93. The van der Waals surface area contributed by atoms with Gasteiger partial charge in [-0.1, -0.05) is 49.4 Å². The summed E-state index contributed by atoms with van der Waals surface area (Å²) in [5.74, 6) is 0.476. The Morgan fingerprint density at radius 2 is 2.00 bits per heavy atom. The Labute approximate surface area is 101 Å². The van der Waals surface area contributed by atoms with E-state index in [0.717, 1.165) is 6.54 Å². The van der Waals surface area contributed by atoms with Gasteiger partial charge in [-0.3, -0.25) is 4.99 Å². The summed E-state index contributed by atoms with van der Waals surface area (Å²) in [6.45, 7) is 3.15. The molecule has 2 heteroatoms. The van der Waals surface area contributed by atoms with Crippen molar-refractivity contribution in [2.45, 2.75) is 18.9 Å². The van der Waals surface area contributed by atoms with Crippen LogP contribution >= 0.6 is 0 Å². The van der Waals surface area contributed by atoms with Crippen molar-refractivity contribution in [3.8, 4) is 0 Å². The van der Waals surface area contributed by atoms with E-state index in [2.05, 4.69) is 59.7 Å². The second-order valence-corrected chi connectivity index (χ2v) is 4.62. The summed E-state index contributed by atoms with van der Waals surface area (Å²) in [4.78, 5) is 4.26. The van der Waals surface area contributed by atoms with Crippen molar-refractivity contribution < 1.29 is 0 Å². The Morgan fingerprint density at radius 3 is 2.82 bits per heavy atom. The number of hydrogen-bond acceptors (Lipinski definition) is 2. The third-order valence-electron chi connectivity index (χ3n) is 3.60. The number of hydrogen-bond donors (Lipinski definition) is 1. The van der Waals surface area contributed by atoms with Crippen LogP contribution in [0.1, 0.15) is 18.4 Å². The number of benzene rings is 2. The predicted octanol–water partition coefficient (Wildman–Crippen LogP) is 2.94. The molecule has 0 bridgehead atoms. The van der Waals surface area contributed by atoms with Gasteiger partial charge < -0.3 is 5.32 Å². The molecule has 1 aliphatic heterocycles. The van der Waals surface area contributed by atoms with Crippen LogP contribution in [0, 0.1) is 0 Å². The van der Waals surface area contributed by atoms with Crippen LogP contribution in [-0.2, 0) is 0 Å². The lowest BCUT2D eigenvalue weighted by atomic mass is 9.89. The van der Waals surface area contributed by atoms with Crippen LogP contribution in [0.25, 0.3) is 10.8 Å². The largest absolute Gasteiger partial charge is 0.371 e. The van der Waals surface area contributed by atoms with Gasteiger partial charge in [-0.15, -0.1) is 0 Å². The van der Waals surface area contributed by atoms with Crippen LogP contribution in [0.15, 0.2) is 47.5 Å². The van der Waals surface area contributed by atoms with Crippen LogP contribution in [0.3, 0.4) is 0 Å². The molecule has 0 spiro atoms. The molecule has 2 atom stereocenters. The minimum absolute atomic E-state index is 0.431. The molecule has 0 saturated heterocycles. The average molecular weight is 224 g/mol. The van der Waals surface area contributed by atoms with Crippen molar-refractivity contribution in [3.05, 3.63) is 48.0 Å². The average Bonchev–Trinajstić information content (AvgIpc) is 2.91. The van der Waals surface area contributed by atoms with Crippen LogP contribution in [0.5, 0.6) is 0 Å². The number of nitrogens with zero attached hydrogens (tertiary/aromatic N) is 1. The van der Waals surface area contributed by atoms with Crippen LogP contribution < -0.4 is 5.32 Å². The van der Waals surface area contributed by atoms with E-state index in [9.17, 15) is 0 Å². The highest BCUT2D eigenvalue weighted by atomic mass is 15.1. The van der Waals surface area contributed by atoms with E-state index in [-0.39, 0.29) is 0 Å². The van der Waals surface area contributed by atoms with Crippen molar-refractivity contribution in [3.63, 3.8) is 0 Å². The topological polar surface area (TPSA) is 24.4 Å². The Balaban J connectivity index is 2.04. The minimum atomic E-state index is 0.431. The highest BCUT2D eigenvalue weighted by Crippen LogP contribution is 2.28. The molecule has 0 aromatic heterocycles. The molecule has 0 saturated carbocycles. The molecule has 1 aliphatic rings. The zero-order chi connectivity index (χ0) is 11.7. The number of fused-ring (bicyclic) bond motifs is 1. The summed E-state index contributed by atoms with van der Waals surface area (Å²) in [7, 11) is 0. The van der Waals surface area contributed by atoms with E-state index in [0.29, 0.717) is 12.0 Å². The summed E-state index contributed by atoms with van der Waals surface area (Å²) < 4.78 is 0. The first-order valence-electron chi connectivity index (χ1n) is 6.08. The lowest BCUT2D eigenvalue weighted by Gasteiger charge is -2.21. The molecular formula is C15H16N2. The molecule has 1 heterocycles. The van der Waals surface area contributed by atoms with E-state index < -0.39 is 0 Å². The smallest absolute Gasteiger partial charge is 0.0827 e. The first-order chi connectivity index (χ1) is 8.36. The molecule has 2 nitrogen and oxygen atoms in total. The Bertz CT molecular complexity index is 546. The van der Waals surface area contributed by atoms with Gasteiger partial charge in [0.1, 0.15) is 0 Å². The molecule has 2 aromatic rings. The number of rotatable bonds is 2. The van der Waals surface area contributed by atoms with Crippen molar-refractivity contribution in [2.75, 3.05) is 6.54 Å². The molecule has 0 fully saturated rings. The summed E-state index contributed by atoms with van der Waals surface area (Å²) in [5, 5.41) is 6.00. The number of nitrogens with one attached hydrogen (secondary N) is 1. The van der Waals surface area contributed by atoms with Crippen molar-refractivity contribution >= 4 is 17.1 Å². The monoisotopic (exact) mass is 224 g/mol. The molecule has 0 aliphatic carbocycles. The third-order valence-corrected chi connectivity index (χ3v) is 3.60. The first kappa shape index (κ1) is 10.3. The molecule has 3 rings (SSSR count). The summed E-state index contributed by atoms with van der Waals surface area (Å²) >= 11 is 0. The molecule has 17 heavy (non-hydrogen) atoms. The highest BCUT2D eigenvalue weighted by molar-refractivity contribution is 5.86. The third kappa shape index (κ3) is 1.80. The van der Waals surface area contributed by atoms with E-state index in [4.69, 9.17) is 0 Å². The van der Waals surface area contributed by atoms with Crippen LogP contribution in [0.4, 0.5) is 0 Å². The van der Waals surface area contributed by atoms with Crippen LogP contribution in [-0.4, -0.2) is 18.9 Å². The van der Waals surface area contributed by atoms with Gasteiger partial charge in [0, 0.05) is 5.92 Å². The molecule has 86 valence electrons. The maximum Gasteiger partial charge on any atom is 0.0827 e. The fraction of sp³-hybridized carbons (Fsp3) is 0.267. The molecule has 0 radical (unpaired) electrons. The van der Waals surface area contributed by atoms with Gasteiger partial charge in [-0.25, -0.2) is 0 Å². The van der Waals surface area contributed by atoms with Gasteiger partial charge in [0.2, 0.25) is 0 Å². The highest BCUT2D eigenvalue weighted by Gasteiger charge is 2.21. The van der Waals surface area contributed by atoms with E-state index in [1.165, 1.54) is 16.3 Å². The second-order valence-electron chi connectivity index (χ2n) is 4.62. The van der Waals surface area contributed by atoms with Crippen LogP contribution in [0.2, 0.25) is 0 Å². The van der Waals surface area contributed by atoms with Crippen molar-refractivity contribution in [2.24, 2.45) is 4.99 Å². The normalized spacial score (nSPS) is 20.4. The molecule has 2 aromatic carbocycles. The standard InChI is InChI=1S/C15H16N2/c1-11(15-9-16-10-17-15)13-8-4-6-12-5-2-3-7-14(12)13/h2-8,10-11,15H,9H2,1H3,(H,16,17). The molecular weight excluding hydrogens is 208 g/mol. The molecule has 1 N–H and O–H groups in total. The van der Waals surface area contributed by atoms with Gasteiger partial charge in [0.05, 0.1) is 18.9 Å². The maximum atomic E-state index is 4.26. The van der Waals surface area contributed by atoms with E-state index in [1.807, 2.05) is 6.34 Å². The Hall–Kier alpha value is -1.83. The van der Waals surface area contributed by atoms with Crippen molar-refractivity contribution in [1.82, 2.24) is 5.32 Å². The fourth-order valence-corrected chi connectivity index (χ4v) is 2.53.